The van der Waals surface area contributed by atoms with E-state index in [9.17, 15) is 19.2 Å². The van der Waals surface area contributed by atoms with Gasteiger partial charge in [0.05, 0.1) is 0 Å². The molecule has 8 nitrogen and oxygen atoms in total. The van der Waals surface area contributed by atoms with Crippen molar-refractivity contribution in [3.05, 3.63) is 0 Å². The number of carboxylic acids is 1. The average Bonchev–Trinajstić information content (AvgIpc) is 2.99. The lowest BCUT2D eigenvalue weighted by Crippen LogP contribution is -2.48. The van der Waals surface area contributed by atoms with Crippen LogP contribution in [0.25, 0.3) is 0 Å². The Morgan fingerprint density at radius 2 is 1.91 bits per heavy atom. The van der Waals surface area contributed by atoms with Gasteiger partial charge in [-0.25, -0.2) is 9.59 Å². The van der Waals surface area contributed by atoms with Gasteiger partial charge in [0.25, 0.3) is 5.91 Å². The topological polar surface area (TPSA) is 116 Å². The van der Waals surface area contributed by atoms with Gasteiger partial charge in [0, 0.05) is 0 Å². The third-order valence-electron chi connectivity index (χ3n) is 4.35. The molecule has 1 atom stereocenters. The zero-order valence-electron chi connectivity index (χ0n) is 13.4. The molecule has 1 unspecified atom stereocenters. The summed E-state index contributed by atoms with van der Waals surface area (Å²) in [5.41, 5.74) is -0.860. The van der Waals surface area contributed by atoms with Gasteiger partial charge in [0.15, 0.2) is 0 Å². The fraction of sp³-hybridized carbons (Fsp3) is 0.733. The molecular formula is C15H23N3O5. The highest BCUT2D eigenvalue weighted by atomic mass is 16.4. The van der Waals surface area contributed by atoms with Crippen LogP contribution >= 0.6 is 0 Å². The molecule has 4 amide bonds. The Bertz CT molecular complexity index is 525. The van der Waals surface area contributed by atoms with E-state index in [1.807, 2.05) is 13.8 Å². The van der Waals surface area contributed by atoms with Crippen LogP contribution in [0.15, 0.2) is 0 Å². The van der Waals surface area contributed by atoms with Crippen LogP contribution in [0.1, 0.15) is 46.0 Å². The van der Waals surface area contributed by atoms with Crippen LogP contribution < -0.4 is 10.6 Å². The van der Waals surface area contributed by atoms with Crippen molar-refractivity contribution in [3.63, 3.8) is 0 Å². The van der Waals surface area contributed by atoms with Crippen molar-refractivity contribution in [2.45, 2.75) is 57.5 Å². The highest BCUT2D eigenvalue weighted by Gasteiger charge is 2.52. The lowest BCUT2D eigenvalue weighted by Gasteiger charge is -2.21. The largest absolute Gasteiger partial charge is 0.480 e. The lowest BCUT2D eigenvalue weighted by molar-refractivity contribution is -0.142. The quantitative estimate of drug-likeness (QED) is 0.614. The summed E-state index contributed by atoms with van der Waals surface area (Å²) in [5.74, 6) is -2.06. The number of rotatable bonds is 6. The maximum atomic E-state index is 12.4. The Kier molecular flexibility index (Phi) is 4.91. The minimum absolute atomic E-state index is 0.0925. The summed E-state index contributed by atoms with van der Waals surface area (Å²) in [6, 6.07) is -1.61. The number of carboxylic acid groups (broad SMARTS) is 1. The van der Waals surface area contributed by atoms with E-state index in [-0.39, 0.29) is 18.2 Å². The Labute approximate surface area is 134 Å². The van der Waals surface area contributed by atoms with Crippen molar-refractivity contribution in [3.8, 4) is 0 Å². The second-order valence-electron chi connectivity index (χ2n) is 6.70. The molecule has 23 heavy (non-hydrogen) atoms. The third kappa shape index (κ3) is 3.62. The Morgan fingerprint density at radius 3 is 2.43 bits per heavy atom. The first-order valence-corrected chi connectivity index (χ1v) is 7.91. The van der Waals surface area contributed by atoms with Gasteiger partial charge < -0.3 is 15.7 Å². The molecule has 128 valence electrons. The van der Waals surface area contributed by atoms with E-state index in [2.05, 4.69) is 10.6 Å². The minimum Gasteiger partial charge on any atom is -0.480 e. The van der Waals surface area contributed by atoms with Gasteiger partial charge in [-0.3, -0.25) is 14.5 Å². The van der Waals surface area contributed by atoms with Gasteiger partial charge >= 0.3 is 12.0 Å². The van der Waals surface area contributed by atoms with E-state index < -0.39 is 36.0 Å². The van der Waals surface area contributed by atoms with Crippen LogP contribution in [0.4, 0.5) is 4.79 Å². The fourth-order valence-electron chi connectivity index (χ4n) is 3.21. The second-order valence-corrected chi connectivity index (χ2v) is 6.70. The van der Waals surface area contributed by atoms with Crippen molar-refractivity contribution < 1.29 is 24.3 Å². The molecule has 2 aliphatic rings. The number of hydrogen-bond acceptors (Lipinski definition) is 4. The standard InChI is InChI=1S/C15H23N3O5/c1-9(2)7-10(12(20)21)16-11(19)8-18-13(22)15(17-14(18)23)5-3-4-6-15/h9-10H,3-8H2,1-2H3,(H,16,19)(H,17,23)(H,20,21). The number of amides is 4. The normalized spacial score (nSPS) is 20.9. The molecule has 1 aliphatic heterocycles. The number of nitrogens with zero attached hydrogens (tertiary/aromatic N) is 1. The summed E-state index contributed by atoms with van der Waals surface area (Å²) in [7, 11) is 0. The predicted octanol–water partition coefficient (Wildman–Crippen LogP) is 0.467. The Balaban J connectivity index is 1.98. The molecule has 2 fully saturated rings. The van der Waals surface area contributed by atoms with E-state index >= 15 is 0 Å². The highest BCUT2D eigenvalue weighted by molar-refractivity contribution is 6.09. The average molecular weight is 325 g/mol. The summed E-state index contributed by atoms with van der Waals surface area (Å²) in [6.45, 7) is 3.25. The summed E-state index contributed by atoms with van der Waals surface area (Å²) >= 11 is 0. The van der Waals surface area contributed by atoms with Crippen LogP contribution in [0.3, 0.4) is 0 Å². The molecule has 1 saturated heterocycles. The number of carbonyl (C=O) groups is 4. The number of carbonyl (C=O) groups excluding carboxylic acids is 3. The molecule has 0 aromatic rings. The molecule has 1 saturated carbocycles. The second kappa shape index (κ2) is 6.55. The lowest BCUT2D eigenvalue weighted by atomic mass is 9.98. The predicted molar refractivity (Wildman–Crippen MR) is 80.5 cm³/mol. The smallest absolute Gasteiger partial charge is 0.326 e. The molecule has 8 heteroatoms. The number of urea groups is 1. The van der Waals surface area contributed by atoms with Gasteiger partial charge in [-0.2, -0.15) is 0 Å². The number of imide groups is 1. The van der Waals surface area contributed by atoms with Crippen molar-refractivity contribution in [1.82, 2.24) is 15.5 Å². The molecular weight excluding hydrogens is 302 g/mol. The summed E-state index contributed by atoms with van der Waals surface area (Å²) in [6.07, 6.45) is 3.18. The highest BCUT2D eigenvalue weighted by Crippen LogP contribution is 2.34. The first-order chi connectivity index (χ1) is 10.7. The van der Waals surface area contributed by atoms with Gasteiger partial charge in [0.1, 0.15) is 18.1 Å². The molecule has 2 rings (SSSR count). The van der Waals surface area contributed by atoms with E-state index in [0.29, 0.717) is 12.8 Å². The van der Waals surface area contributed by atoms with Crippen LogP contribution in [-0.2, 0) is 14.4 Å². The van der Waals surface area contributed by atoms with Crippen molar-refractivity contribution in [2.24, 2.45) is 5.92 Å². The molecule has 0 radical (unpaired) electrons. The monoisotopic (exact) mass is 325 g/mol. The van der Waals surface area contributed by atoms with Gasteiger partial charge in [-0.05, 0) is 25.2 Å². The van der Waals surface area contributed by atoms with Crippen molar-refractivity contribution in [2.75, 3.05) is 6.54 Å². The molecule has 3 N–H and O–H groups in total. The SMILES string of the molecule is CC(C)CC(NC(=O)CN1C(=O)NC2(CCCC2)C1=O)C(=O)O. The van der Waals surface area contributed by atoms with E-state index in [1.54, 1.807) is 0 Å². The minimum atomic E-state index is -1.13. The van der Waals surface area contributed by atoms with Crippen LogP contribution in [0, 0.1) is 5.92 Å². The molecule has 0 aromatic heterocycles. The fourth-order valence-corrected chi connectivity index (χ4v) is 3.21. The molecule has 1 spiro atoms. The Hall–Kier alpha value is -2.12. The zero-order chi connectivity index (χ0) is 17.2. The van der Waals surface area contributed by atoms with Crippen LogP contribution in [-0.4, -0.2) is 51.9 Å². The molecule has 0 bridgehead atoms. The van der Waals surface area contributed by atoms with E-state index in [4.69, 9.17) is 5.11 Å². The van der Waals surface area contributed by atoms with Crippen molar-refractivity contribution >= 4 is 23.8 Å². The third-order valence-corrected chi connectivity index (χ3v) is 4.35. The summed E-state index contributed by atoms with van der Waals surface area (Å²) in [5, 5.41) is 14.2. The summed E-state index contributed by atoms with van der Waals surface area (Å²) in [4.78, 5) is 48.5. The van der Waals surface area contributed by atoms with Gasteiger partial charge in [0.2, 0.25) is 5.91 Å². The van der Waals surface area contributed by atoms with Crippen molar-refractivity contribution in [1.29, 1.82) is 0 Å². The molecule has 1 aliphatic carbocycles. The zero-order valence-corrected chi connectivity index (χ0v) is 13.4. The molecule has 0 aromatic carbocycles. The van der Waals surface area contributed by atoms with Gasteiger partial charge in [-0.15, -0.1) is 0 Å². The van der Waals surface area contributed by atoms with Crippen LogP contribution in [0.2, 0.25) is 0 Å². The number of hydrogen-bond donors (Lipinski definition) is 3. The Morgan fingerprint density at radius 1 is 1.30 bits per heavy atom. The molecule has 1 heterocycles. The van der Waals surface area contributed by atoms with Gasteiger partial charge in [-0.1, -0.05) is 26.7 Å². The van der Waals surface area contributed by atoms with Crippen LogP contribution in [0.5, 0.6) is 0 Å². The maximum absolute atomic E-state index is 12.4. The van der Waals surface area contributed by atoms with E-state index in [0.717, 1.165) is 17.7 Å². The van der Waals surface area contributed by atoms with E-state index in [1.165, 1.54) is 0 Å². The number of aliphatic carboxylic acids is 1. The summed E-state index contributed by atoms with van der Waals surface area (Å²) < 4.78 is 0. The maximum Gasteiger partial charge on any atom is 0.326 e. The number of nitrogens with one attached hydrogen (secondary N) is 2. The first kappa shape index (κ1) is 17.2. The first-order valence-electron chi connectivity index (χ1n) is 7.91.